The van der Waals surface area contributed by atoms with Crippen LogP contribution in [0.5, 0.6) is 0 Å². The van der Waals surface area contributed by atoms with Crippen molar-refractivity contribution in [3.63, 3.8) is 0 Å². The molecule has 2 aliphatic rings. The summed E-state index contributed by atoms with van der Waals surface area (Å²) in [5, 5.41) is 7.57. The number of carbonyl (C=O) groups excluding carboxylic acids is 1. The highest BCUT2D eigenvalue weighted by Crippen LogP contribution is 2.47. The highest BCUT2D eigenvalue weighted by Gasteiger charge is 2.46. The highest BCUT2D eigenvalue weighted by molar-refractivity contribution is 7.98. The molecule has 2 aliphatic carbocycles. The summed E-state index contributed by atoms with van der Waals surface area (Å²) in [6.07, 6.45) is 3.11. The number of nitrogens with zero attached hydrogens (tertiary/aromatic N) is 3. The van der Waals surface area contributed by atoms with E-state index >= 15 is 0 Å². The van der Waals surface area contributed by atoms with E-state index in [0.717, 1.165) is 19.3 Å². The van der Waals surface area contributed by atoms with Crippen molar-refractivity contribution in [1.82, 2.24) is 14.8 Å². The van der Waals surface area contributed by atoms with Crippen LogP contribution < -0.4 is 5.32 Å². The maximum absolute atomic E-state index is 13.9. The van der Waals surface area contributed by atoms with Crippen molar-refractivity contribution in [2.75, 3.05) is 11.6 Å². The lowest BCUT2D eigenvalue weighted by Crippen LogP contribution is -2.26. The molecule has 2 aromatic rings. The quantitative estimate of drug-likeness (QED) is 0.685. The SMILES string of the molecule is CSc1cc(NC(=O)c2c(C(F)(F)F)c(C3CC3)nn2CC2CCC2)ccn1. The molecule has 5 nitrogen and oxygen atoms in total. The van der Waals surface area contributed by atoms with Crippen molar-refractivity contribution in [2.24, 2.45) is 5.92 Å². The topological polar surface area (TPSA) is 59.8 Å². The predicted octanol–water partition coefficient (Wildman–Crippen LogP) is 4.95. The number of alkyl halides is 3. The molecule has 0 radical (unpaired) electrons. The second-order valence-corrected chi connectivity index (χ2v) is 8.23. The first-order valence-corrected chi connectivity index (χ1v) is 10.6. The molecular weight excluding hydrogens is 389 g/mol. The van der Waals surface area contributed by atoms with Gasteiger partial charge in [-0.05, 0) is 50.0 Å². The maximum atomic E-state index is 13.9. The first kappa shape index (κ1) is 19.3. The van der Waals surface area contributed by atoms with Gasteiger partial charge in [0.15, 0.2) is 0 Å². The molecule has 2 fully saturated rings. The van der Waals surface area contributed by atoms with Crippen LogP contribution in [0.15, 0.2) is 23.4 Å². The van der Waals surface area contributed by atoms with E-state index < -0.39 is 17.6 Å². The van der Waals surface area contributed by atoms with Crippen LogP contribution in [0.4, 0.5) is 18.9 Å². The van der Waals surface area contributed by atoms with Gasteiger partial charge in [-0.25, -0.2) is 4.98 Å². The third-order valence-electron chi connectivity index (χ3n) is 5.30. The van der Waals surface area contributed by atoms with Gasteiger partial charge in [0.05, 0.1) is 10.7 Å². The van der Waals surface area contributed by atoms with Crippen LogP contribution >= 0.6 is 11.8 Å². The summed E-state index contributed by atoms with van der Waals surface area (Å²) in [6.45, 7) is 0.352. The minimum Gasteiger partial charge on any atom is -0.321 e. The average molecular weight is 410 g/mol. The van der Waals surface area contributed by atoms with Crippen molar-refractivity contribution in [2.45, 2.75) is 55.8 Å². The lowest BCUT2D eigenvalue weighted by atomic mass is 9.85. The Morgan fingerprint density at radius 1 is 1.32 bits per heavy atom. The number of aromatic nitrogens is 3. The molecule has 0 bridgehead atoms. The van der Waals surface area contributed by atoms with Gasteiger partial charge in [0.25, 0.3) is 5.91 Å². The van der Waals surface area contributed by atoms with Gasteiger partial charge < -0.3 is 5.32 Å². The molecule has 2 aromatic heterocycles. The first-order chi connectivity index (χ1) is 13.4. The van der Waals surface area contributed by atoms with E-state index in [1.54, 1.807) is 12.1 Å². The third kappa shape index (κ3) is 3.90. The van der Waals surface area contributed by atoms with E-state index in [1.165, 1.54) is 22.6 Å². The highest BCUT2D eigenvalue weighted by atomic mass is 32.2. The van der Waals surface area contributed by atoms with Gasteiger partial charge in [-0.3, -0.25) is 9.48 Å². The zero-order chi connectivity index (χ0) is 19.9. The zero-order valence-corrected chi connectivity index (χ0v) is 16.2. The van der Waals surface area contributed by atoms with Gasteiger partial charge >= 0.3 is 6.18 Å². The van der Waals surface area contributed by atoms with Crippen LogP contribution in [0.1, 0.15) is 59.8 Å². The number of hydrogen-bond acceptors (Lipinski definition) is 4. The molecule has 0 aromatic carbocycles. The number of hydrogen-bond donors (Lipinski definition) is 1. The largest absolute Gasteiger partial charge is 0.420 e. The fourth-order valence-electron chi connectivity index (χ4n) is 3.47. The normalized spacial score (nSPS) is 17.4. The van der Waals surface area contributed by atoms with Gasteiger partial charge in [-0.2, -0.15) is 18.3 Å². The van der Waals surface area contributed by atoms with Crippen molar-refractivity contribution in [3.8, 4) is 0 Å². The average Bonchev–Trinajstić information content (AvgIpc) is 3.37. The van der Waals surface area contributed by atoms with Gasteiger partial charge in [0.1, 0.15) is 11.3 Å². The molecule has 0 spiro atoms. The standard InChI is InChI=1S/C19H21F3N4OS/c1-28-14-9-13(7-8-23-14)24-18(27)17-15(19(20,21)22)16(12-5-6-12)25-26(17)10-11-3-2-4-11/h7-9,11-12H,2-6,10H2,1H3,(H,23,24,27). The van der Waals surface area contributed by atoms with Gasteiger partial charge in [-0.1, -0.05) is 6.42 Å². The first-order valence-electron chi connectivity index (χ1n) is 9.36. The van der Waals surface area contributed by atoms with Crippen molar-refractivity contribution >= 4 is 23.4 Å². The Kier molecular flexibility index (Phi) is 5.11. The Morgan fingerprint density at radius 2 is 2.07 bits per heavy atom. The number of carbonyl (C=O) groups is 1. The summed E-state index contributed by atoms with van der Waals surface area (Å²) in [4.78, 5) is 17.1. The molecule has 0 saturated heterocycles. The van der Waals surface area contributed by atoms with E-state index in [4.69, 9.17) is 0 Å². The molecule has 0 atom stereocenters. The summed E-state index contributed by atoms with van der Waals surface area (Å²) in [5.41, 5.74) is -0.798. The number of pyridine rings is 1. The molecule has 0 aliphatic heterocycles. The second kappa shape index (κ2) is 7.42. The van der Waals surface area contributed by atoms with Crippen LogP contribution in [-0.2, 0) is 12.7 Å². The molecule has 9 heteroatoms. The number of thioether (sulfide) groups is 1. The summed E-state index contributed by atoms with van der Waals surface area (Å²) < 4.78 is 43.0. The van der Waals surface area contributed by atoms with Crippen molar-refractivity contribution in [1.29, 1.82) is 0 Å². The molecule has 28 heavy (non-hydrogen) atoms. The molecule has 2 heterocycles. The summed E-state index contributed by atoms with van der Waals surface area (Å²) >= 11 is 1.39. The Morgan fingerprint density at radius 3 is 2.64 bits per heavy atom. The van der Waals surface area contributed by atoms with Crippen LogP contribution in [0.25, 0.3) is 0 Å². The number of anilines is 1. The predicted molar refractivity (Wildman–Crippen MR) is 101 cm³/mol. The van der Waals surface area contributed by atoms with Crippen LogP contribution in [0.3, 0.4) is 0 Å². The van der Waals surface area contributed by atoms with E-state index in [2.05, 4.69) is 15.4 Å². The van der Waals surface area contributed by atoms with Gasteiger partial charge in [0.2, 0.25) is 0 Å². The monoisotopic (exact) mass is 410 g/mol. The second-order valence-electron chi connectivity index (χ2n) is 7.40. The maximum Gasteiger partial charge on any atom is 0.420 e. The van der Waals surface area contributed by atoms with Crippen molar-refractivity contribution < 1.29 is 18.0 Å². The van der Waals surface area contributed by atoms with E-state index in [1.807, 2.05) is 6.26 Å². The van der Waals surface area contributed by atoms with Crippen LogP contribution in [-0.4, -0.2) is 26.9 Å². The minimum atomic E-state index is -4.62. The molecule has 4 rings (SSSR count). The Bertz CT molecular complexity index is 888. The summed E-state index contributed by atoms with van der Waals surface area (Å²) in [5.74, 6) is -0.692. The smallest absolute Gasteiger partial charge is 0.321 e. The minimum absolute atomic E-state index is 0.0245. The van der Waals surface area contributed by atoms with Crippen LogP contribution in [0.2, 0.25) is 0 Å². The number of nitrogens with one attached hydrogen (secondary N) is 1. The lowest BCUT2D eigenvalue weighted by molar-refractivity contribution is -0.138. The fraction of sp³-hybridized carbons (Fsp3) is 0.526. The Hall–Kier alpha value is -2.03. The fourth-order valence-corrected chi connectivity index (χ4v) is 3.89. The molecule has 1 N–H and O–H groups in total. The lowest BCUT2D eigenvalue weighted by Gasteiger charge is -2.25. The number of halogens is 3. The van der Waals surface area contributed by atoms with E-state index in [-0.39, 0.29) is 23.2 Å². The van der Waals surface area contributed by atoms with Crippen LogP contribution in [0, 0.1) is 5.92 Å². The van der Waals surface area contributed by atoms with Gasteiger partial charge in [0, 0.05) is 24.3 Å². The molecule has 150 valence electrons. The Labute approximate surface area is 165 Å². The third-order valence-corrected chi connectivity index (χ3v) is 5.94. The van der Waals surface area contributed by atoms with E-state index in [9.17, 15) is 18.0 Å². The molecule has 2 saturated carbocycles. The molecule has 0 unspecified atom stereocenters. The summed E-state index contributed by atoms with van der Waals surface area (Å²) in [6, 6.07) is 3.21. The number of rotatable bonds is 6. The molecule has 1 amide bonds. The van der Waals surface area contributed by atoms with Crippen molar-refractivity contribution in [3.05, 3.63) is 35.3 Å². The zero-order valence-electron chi connectivity index (χ0n) is 15.4. The number of amides is 1. The van der Waals surface area contributed by atoms with E-state index in [0.29, 0.717) is 30.1 Å². The summed E-state index contributed by atoms with van der Waals surface area (Å²) in [7, 11) is 0. The van der Waals surface area contributed by atoms with Gasteiger partial charge in [-0.15, -0.1) is 11.8 Å². The Balaban J connectivity index is 1.72. The molecular formula is C19H21F3N4OS.